The number of hydrogen-bond donors (Lipinski definition) is 2. The Morgan fingerprint density at radius 3 is 2.76 bits per heavy atom. The molecule has 1 aromatic heterocycles. The molecule has 0 unspecified atom stereocenters. The minimum Gasteiger partial charge on any atom is -0.369 e. The fourth-order valence-corrected chi connectivity index (χ4v) is 3.87. The summed E-state index contributed by atoms with van der Waals surface area (Å²) in [7, 11) is 0. The minimum atomic E-state index is -2.66. The van der Waals surface area contributed by atoms with Gasteiger partial charge in [0, 0.05) is 56.9 Å². The van der Waals surface area contributed by atoms with Crippen LogP contribution >= 0.6 is 11.8 Å². The third-order valence-electron chi connectivity index (χ3n) is 4.49. The van der Waals surface area contributed by atoms with Crippen LogP contribution in [-0.2, 0) is 12.8 Å². The molecule has 0 radical (unpaired) electrons. The molecule has 0 saturated carbocycles. The topological polar surface area (TPSA) is 53.1 Å². The monoisotopic (exact) mass is 371 g/mol. The lowest BCUT2D eigenvalue weighted by molar-refractivity contribution is -0.0127. The second-order valence-corrected chi connectivity index (χ2v) is 8.60. The third-order valence-corrected chi connectivity index (χ3v) is 5.60. The number of thioether (sulfide) groups is 1. The third kappa shape index (κ3) is 4.94. The molecule has 2 N–H and O–H groups in total. The molecular weight excluding hydrogens is 344 g/mol. The lowest BCUT2D eigenvalue weighted by atomic mass is 9.93. The number of halogens is 2. The summed E-state index contributed by atoms with van der Waals surface area (Å²) in [5.74, 6) is -0.460. The van der Waals surface area contributed by atoms with Crippen LogP contribution < -0.4 is 15.5 Å². The van der Waals surface area contributed by atoms with Crippen molar-refractivity contribution < 1.29 is 8.78 Å². The number of alkyl halides is 2. The predicted molar refractivity (Wildman–Crippen MR) is 100 cm³/mol. The predicted octanol–water partition coefficient (Wildman–Crippen LogP) is 2.56. The van der Waals surface area contributed by atoms with Crippen molar-refractivity contribution in [1.29, 1.82) is 0 Å². The maximum atomic E-state index is 13.9. The number of aryl methyl sites for hydroxylation is 1. The first-order chi connectivity index (χ1) is 11.9. The smallest absolute Gasteiger partial charge is 0.252 e. The van der Waals surface area contributed by atoms with E-state index in [0.717, 1.165) is 44.2 Å². The van der Waals surface area contributed by atoms with Crippen molar-refractivity contribution >= 4 is 23.5 Å². The van der Waals surface area contributed by atoms with Gasteiger partial charge in [0.1, 0.15) is 5.82 Å². The second-order valence-electron chi connectivity index (χ2n) is 6.91. The van der Waals surface area contributed by atoms with Crippen LogP contribution in [0.3, 0.4) is 0 Å². The zero-order valence-electron chi connectivity index (χ0n) is 14.9. The number of rotatable bonds is 6. The van der Waals surface area contributed by atoms with Crippen molar-refractivity contribution in [3.63, 3.8) is 0 Å². The Hall–Kier alpha value is -1.15. The molecule has 140 valence electrons. The molecule has 1 aliphatic heterocycles. The molecule has 1 aromatic rings. The molecule has 0 bridgehead atoms. The number of fused-ring (bicyclic) bond motifs is 1. The standard InChI is InChI=1S/C17H27F2N5S/c1-12(2)25-10-7-21-15-13-11-17(18,19)4-3-14(13)22-16(23-15)24-8-5-20-6-9-24/h12,20H,3-11H2,1-2H3,(H,21,22,23). The van der Waals surface area contributed by atoms with Gasteiger partial charge >= 0.3 is 0 Å². The highest BCUT2D eigenvalue weighted by atomic mass is 32.2. The number of piperazine rings is 1. The largest absolute Gasteiger partial charge is 0.369 e. The molecule has 25 heavy (non-hydrogen) atoms. The summed E-state index contributed by atoms with van der Waals surface area (Å²) in [6, 6.07) is 0. The fraction of sp³-hybridized carbons (Fsp3) is 0.765. The molecule has 2 heterocycles. The van der Waals surface area contributed by atoms with E-state index in [1.54, 1.807) is 0 Å². The average Bonchev–Trinajstić information content (AvgIpc) is 2.58. The summed E-state index contributed by atoms with van der Waals surface area (Å²) in [6.45, 7) is 8.51. The van der Waals surface area contributed by atoms with Crippen LogP contribution in [0.5, 0.6) is 0 Å². The van der Waals surface area contributed by atoms with Crippen LogP contribution in [0.2, 0.25) is 0 Å². The van der Waals surface area contributed by atoms with Crippen molar-refractivity contribution in [3.05, 3.63) is 11.3 Å². The average molecular weight is 372 g/mol. The van der Waals surface area contributed by atoms with Crippen molar-refractivity contribution in [2.45, 2.75) is 44.3 Å². The van der Waals surface area contributed by atoms with Crippen molar-refractivity contribution in [3.8, 4) is 0 Å². The van der Waals surface area contributed by atoms with Crippen LogP contribution in [0, 0.1) is 0 Å². The van der Waals surface area contributed by atoms with E-state index in [-0.39, 0.29) is 12.8 Å². The zero-order valence-corrected chi connectivity index (χ0v) is 15.8. The number of anilines is 2. The number of aromatic nitrogens is 2. The summed E-state index contributed by atoms with van der Waals surface area (Å²) in [5.41, 5.74) is 1.39. The van der Waals surface area contributed by atoms with E-state index in [0.29, 0.717) is 29.0 Å². The van der Waals surface area contributed by atoms with Gasteiger partial charge in [0.25, 0.3) is 5.92 Å². The Morgan fingerprint density at radius 2 is 2.04 bits per heavy atom. The number of nitrogens with zero attached hydrogens (tertiary/aromatic N) is 3. The zero-order chi connectivity index (χ0) is 17.9. The lowest BCUT2D eigenvalue weighted by Crippen LogP contribution is -2.44. The Labute approximate surface area is 152 Å². The summed E-state index contributed by atoms with van der Waals surface area (Å²) in [6.07, 6.45) is -0.0656. The Morgan fingerprint density at radius 1 is 1.28 bits per heavy atom. The minimum absolute atomic E-state index is 0.124. The number of hydrogen-bond acceptors (Lipinski definition) is 6. The summed E-state index contributed by atoms with van der Waals surface area (Å²) in [4.78, 5) is 11.4. The van der Waals surface area contributed by atoms with Crippen molar-refractivity contribution in [1.82, 2.24) is 15.3 Å². The maximum absolute atomic E-state index is 13.9. The molecule has 3 rings (SSSR count). The molecule has 0 spiro atoms. The Balaban J connectivity index is 1.81. The fourth-order valence-electron chi connectivity index (χ4n) is 3.17. The van der Waals surface area contributed by atoms with Gasteiger partial charge in [-0.1, -0.05) is 13.8 Å². The SMILES string of the molecule is CC(C)SCCNc1nc(N2CCNCC2)nc2c1CC(F)(F)CC2. The Kier molecular flexibility index (Phi) is 5.99. The first-order valence-electron chi connectivity index (χ1n) is 9.03. The highest BCUT2D eigenvalue weighted by molar-refractivity contribution is 7.99. The van der Waals surface area contributed by atoms with Crippen molar-refractivity contribution in [2.75, 3.05) is 48.7 Å². The van der Waals surface area contributed by atoms with E-state index in [2.05, 4.69) is 39.3 Å². The van der Waals surface area contributed by atoms with Gasteiger partial charge in [0.05, 0.1) is 5.69 Å². The highest BCUT2D eigenvalue weighted by Gasteiger charge is 2.37. The van der Waals surface area contributed by atoms with Gasteiger partial charge in [-0.15, -0.1) is 0 Å². The first-order valence-corrected chi connectivity index (χ1v) is 10.1. The molecule has 8 heteroatoms. The van der Waals surface area contributed by atoms with Crippen LogP contribution in [0.4, 0.5) is 20.5 Å². The van der Waals surface area contributed by atoms with Gasteiger partial charge in [-0.2, -0.15) is 16.7 Å². The lowest BCUT2D eigenvalue weighted by Gasteiger charge is -2.31. The van der Waals surface area contributed by atoms with E-state index >= 15 is 0 Å². The highest BCUT2D eigenvalue weighted by Crippen LogP contribution is 2.36. The van der Waals surface area contributed by atoms with Crippen LogP contribution in [0.15, 0.2) is 0 Å². The van der Waals surface area contributed by atoms with E-state index in [4.69, 9.17) is 0 Å². The molecule has 1 saturated heterocycles. The van der Waals surface area contributed by atoms with E-state index in [1.807, 2.05) is 11.8 Å². The van der Waals surface area contributed by atoms with Gasteiger partial charge in [-0.05, 0) is 11.7 Å². The molecule has 5 nitrogen and oxygen atoms in total. The molecule has 0 aromatic carbocycles. The van der Waals surface area contributed by atoms with E-state index in [1.165, 1.54) is 0 Å². The molecular formula is C17H27F2N5S. The molecule has 1 aliphatic carbocycles. The molecule has 1 fully saturated rings. The van der Waals surface area contributed by atoms with Gasteiger partial charge in [0.2, 0.25) is 5.95 Å². The van der Waals surface area contributed by atoms with Crippen LogP contribution in [-0.4, -0.2) is 59.6 Å². The molecule has 0 atom stereocenters. The normalized spacial score (nSPS) is 19.8. The van der Waals surface area contributed by atoms with Crippen LogP contribution in [0.1, 0.15) is 31.5 Å². The summed E-state index contributed by atoms with van der Waals surface area (Å²) in [5, 5.41) is 7.16. The van der Waals surface area contributed by atoms with Crippen LogP contribution in [0.25, 0.3) is 0 Å². The molecule has 0 amide bonds. The van der Waals surface area contributed by atoms with Gasteiger partial charge in [-0.25, -0.2) is 13.8 Å². The first kappa shape index (κ1) is 18.6. The summed E-state index contributed by atoms with van der Waals surface area (Å²) >= 11 is 1.85. The maximum Gasteiger partial charge on any atom is 0.252 e. The molecule has 2 aliphatic rings. The quantitative estimate of drug-likeness (QED) is 0.750. The van der Waals surface area contributed by atoms with Gasteiger partial charge in [0.15, 0.2) is 0 Å². The Bertz CT molecular complexity index is 591. The van der Waals surface area contributed by atoms with E-state index in [9.17, 15) is 8.78 Å². The van der Waals surface area contributed by atoms with Gasteiger partial charge in [-0.3, -0.25) is 0 Å². The summed E-state index contributed by atoms with van der Waals surface area (Å²) < 4.78 is 27.8. The second kappa shape index (κ2) is 8.03. The van der Waals surface area contributed by atoms with E-state index < -0.39 is 5.92 Å². The van der Waals surface area contributed by atoms with Crippen molar-refractivity contribution in [2.24, 2.45) is 0 Å². The number of nitrogens with one attached hydrogen (secondary N) is 2. The van der Waals surface area contributed by atoms with Gasteiger partial charge < -0.3 is 15.5 Å².